The van der Waals surface area contributed by atoms with Crippen molar-refractivity contribution in [3.05, 3.63) is 29.8 Å². The van der Waals surface area contributed by atoms with Gasteiger partial charge in [0.05, 0.1) is 18.1 Å². The summed E-state index contributed by atoms with van der Waals surface area (Å²) in [6, 6.07) is 6.61. The minimum Gasteiger partial charge on any atom is -0.465 e. The van der Waals surface area contributed by atoms with Crippen LogP contribution in [-0.2, 0) is 9.53 Å². The number of hydrogen-bond acceptors (Lipinski definition) is 4. The molecule has 1 aromatic carbocycles. The minimum absolute atomic E-state index is 0.0672. The number of benzene rings is 1. The van der Waals surface area contributed by atoms with Crippen LogP contribution >= 0.6 is 0 Å². The van der Waals surface area contributed by atoms with Crippen LogP contribution in [0, 0.1) is 23.2 Å². The van der Waals surface area contributed by atoms with Crippen LogP contribution in [0.4, 0.5) is 0 Å². The Morgan fingerprint density at radius 3 is 1.96 bits per heavy atom. The fourth-order valence-corrected chi connectivity index (χ4v) is 5.35. The smallest absolute Gasteiger partial charge is 0.337 e. The van der Waals surface area contributed by atoms with E-state index in [-0.39, 0.29) is 17.4 Å². The topological polar surface area (TPSA) is 52.6 Å². The van der Waals surface area contributed by atoms with Gasteiger partial charge in [-0.1, -0.05) is 0 Å². The number of rotatable bonds is 3. The number of methoxy groups -OCH3 is 1. The van der Waals surface area contributed by atoms with Crippen molar-refractivity contribution in [3.8, 4) is 5.75 Å². The molecule has 0 spiro atoms. The minimum atomic E-state index is -0.385. The van der Waals surface area contributed by atoms with E-state index >= 15 is 0 Å². The normalized spacial score (nSPS) is 34.2. The third-order valence-corrected chi connectivity index (χ3v) is 5.96. The molecule has 4 heteroatoms. The average molecular weight is 314 g/mol. The summed E-state index contributed by atoms with van der Waals surface area (Å²) in [6.45, 7) is 0. The lowest BCUT2D eigenvalue weighted by atomic mass is 9.49. The fourth-order valence-electron chi connectivity index (χ4n) is 5.35. The molecule has 0 aromatic heterocycles. The predicted octanol–water partition coefficient (Wildman–Crippen LogP) is 3.60. The maximum Gasteiger partial charge on any atom is 0.337 e. The summed E-state index contributed by atoms with van der Waals surface area (Å²) in [4.78, 5) is 24.3. The highest BCUT2D eigenvalue weighted by Gasteiger charge is 2.55. The largest absolute Gasteiger partial charge is 0.465 e. The quantitative estimate of drug-likeness (QED) is 0.632. The molecule has 4 aliphatic carbocycles. The second-order valence-electron chi connectivity index (χ2n) is 7.60. The van der Waals surface area contributed by atoms with Crippen molar-refractivity contribution in [1.29, 1.82) is 0 Å². The fraction of sp³-hybridized carbons (Fsp3) is 0.579. The van der Waals surface area contributed by atoms with E-state index in [2.05, 4.69) is 4.74 Å². The Balaban J connectivity index is 1.49. The number of hydrogen-bond donors (Lipinski definition) is 0. The lowest BCUT2D eigenvalue weighted by molar-refractivity contribution is -0.161. The van der Waals surface area contributed by atoms with Crippen LogP contribution in [0.5, 0.6) is 5.75 Å². The Hall–Kier alpha value is -1.84. The summed E-state index contributed by atoms with van der Waals surface area (Å²) in [5, 5.41) is 0. The van der Waals surface area contributed by atoms with Crippen molar-refractivity contribution < 1.29 is 19.1 Å². The summed E-state index contributed by atoms with van der Waals surface area (Å²) in [5.41, 5.74) is 0.206. The van der Waals surface area contributed by atoms with Crippen LogP contribution < -0.4 is 4.74 Å². The van der Waals surface area contributed by atoms with Crippen LogP contribution in [0.3, 0.4) is 0 Å². The van der Waals surface area contributed by atoms with Gasteiger partial charge in [-0.3, -0.25) is 4.79 Å². The summed E-state index contributed by atoms with van der Waals surface area (Å²) in [7, 11) is 1.35. The zero-order chi connectivity index (χ0) is 16.0. The molecule has 1 aromatic rings. The zero-order valence-electron chi connectivity index (χ0n) is 13.4. The Labute approximate surface area is 136 Å². The second kappa shape index (κ2) is 5.36. The first kappa shape index (κ1) is 14.7. The Kier molecular flexibility index (Phi) is 3.43. The molecule has 4 fully saturated rings. The van der Waals surface area contributed by atoms with Crippen molar-refractivity contribution in [1.82, 2.24) is 0 Å². The first-order valence-corrected chi connectivity index (χ1v) is 8.49. The average Bonchev–Trinajstić information content (AvgIpc) is 2.53. The van der Waals surface area contributed by atoms with Gasteiger partial charge >= 0.3 is 11.9 Å². The first-order chi connectivity index (χ1) is 11.1. The van der Waals surface area contributed by atoms with E-state index in [1.165, 1.54) is 26.4 Å². The van der Waals surface area contributed by atoms with Crippen molar-refractivity contribution in [2.24, 2.45) is 23.2 Å². The van der Waals surface area contributed by atoms with Gasteiger partial charge in [-0.05, 0) is 80.5 Å². The Morgan fingerprint density at radius 2 is 1.48 bits per heavy atom. The van der Waals surface area contributed by atoms with E-state index < -0.39 is 0 Å². The molecule has 0 saturated heterocycles. The number of carbonyl (C=O) groups is 2. The van der Waals surface area contributed by atoms with Gasteiger partial charge < -0.3 is 9.47 Å². The van der Waals surface area contributed by atoms with E-state index in [4.69, 9.17) is 4.74 Å². The van der Waals surface area contributed by atoms with Gasteiger partial charge in [0, 0.05) is 0 Å². The molecule has 0 atom stereocenters. The lowest BCUT2D eigenvalue weighted by Crippen LogP contribution is -2.51. The van der Waals surface area contributed by atoms with Crippen molar-refractivity contribution in [2.45, 2.75) is 38.5 Å². The summed E-state index contributed by atoms with van der Waals surface area (Å²) < 4.78 is 10.4. The number of ether oxygens (including phenoxy) is 2. The van der Waals surface area contributed by atoms with Gasteiger partial charge in [0.25, 0.3) is 0 Å². The molecule has 0 heterocycles. The highest BCUT2D eigenvalue weighted by Crippen LogP contribution is 2.60. The van der Waals surface area contributed by atoms with Gasteiger partial charge in [0.1, 0.15) is 5.75 Å². The molecule has 4 bridgehead atoms. The summed E-state index contributed by atoms with van der Waals surface area (Å²) in [5.74, 6) is 2.21. The van der Waals surface area contributed by atoms with Crippen LogP contribution in [-0.4, -0.2) is 19.0 Å². The van der Waals surface area contributed by atoms with E-state index in [1.54, 1.807) is 24.3 Å². The van der Waals surface area contributed by atoms with Crippen molar-refractivity contribution >= 4 is 11.9 Å². The molecule has 4 nitrogen and oxygen atoms in total. The van der Waals surface area contributed by atoms with E-state index in [0.717, 1.165) is 37.0 Å². The van der Waals surface area contributed by atoms with E-state index in [1.807, 2.05) is 0 Å². The van der Waals surface area contributed by atoms with Crippen LogP contribution in [0.2, 0.25) is 0 Å². The lowest BCUT2D eigenvalue weighted by Gasteiger charge is -2.55. The summed E-state index contributed by atoms with van der Waals surface area (Å²) >= 11 is 0. The molecular formula is C19H22O4. The second-order valence-corrected chi connectivity index (χ2v) is 7.60. The molecule has 4 saturated carbocycles. The molecule has 0 aliphatic heterocycles. The predicted molar refractivity (Wildman–Crippen MR) is 84.0 cm³/mol. The van der Waals surface area contributed by atoms with E-state index in [9.17, 15) is 9.59 Å². The number of carbonyl (C=O) groups excluding carboxylic acids is 2. The summed E-state index contributed by atoms with van der Waals surface area (Å²) in [6.07, 6.45) is 6.91. The van der Waals surface area contributed by atoms with Crippen molar-refractivity contribution in [3.63, 3.8) is 0 Å². The zero-order valence-corrected chi connectivity index (χ0v) is 13.4. The Bertz CT molecular complexity index is 596. The van der Waals surface area contributed by atoms with Gasteiger partial charge in [0.15, 0.2) is 0 Å². The number of esters is 2. The van der Waals surface area contributed by atoms with Gasteiger partial charge in [-0.2, -0.15) is 0 Å². The molecule has 0 radical (unpaired) electrons. The molecule has 0 unspecified atom stereocenters. The monoisotopic (exact) mass is 314 g/mol. The van der Waals surface area contributed by atoms with E-state index in [0.29, 0.717) is 11.3 Å². The SMILES string of the molecule is COC(=O)c1ccc(OC(=O)C23CC4CC(CC(C4)C2)C3)cc1. The maximum absolute atomic E-state index is 12.8. The van der Waals surface area contributed by atoms with Gasteiger partial charge in [-0.15, -0.1) is 0 Å². The third kappa shape index (κ3) is 2.54. The molecule has 23 heavy (non-hydrogen) atoms. The Morgan fingerprint density at radius 1 is 0.957 bits per heavy atom. The molecule has 5 rings (SSSR count). The molecule has 122 valence electrons. The van der Waals surface area contributed by atoms with Gasteiger partial charge in [0.2, 0.25) is 0 Å². The molecule has 0 N–H and O–H groups in total. The third-order valence-electron chi connectivity index (χ3n) is 5.96. The van der Waals surface area contributed by atoms with Crippen LogP contribution in [0.15, 0.2) is 24.3 Å². The standard InChI is InChI=1S/C19H22O4/c1-22-17(20)15-2-4-16(5-3-15)23-18(21)19-9-12-6-13(10-19)8-14(7-12)11-19/h2-5,12-14H,6-11H2,1H3. The van der Waals surface area contributed by atoms with Crippen LogP contribution in [0.1, 0.15) is 48.9 Å². The first-order valence-electron chi connectivity index (χ1n) is 8.49. The highest BCUT2D eigenvalue weighted by atomic mass is 16.5. The van der Waals surface area contributed by atoms with Crippen LogP contribution in [0.25, 0.3) is 0 Å². The van der Waals surface area contributed by atoms with Crippen molar-refractivity contribution in [2.75, 3.05) is 7.11 Å². The highest BCUT2D eigenvalue weighted by molar-refractivity contribution is 5.89. The van der Waals surface area contributed by atoms with Gasteiger partial charge in [-0.25, -0.2) is 4.79 Å². The molecule has 0 amide bonds. The molecule has 4 aliphatic rings. The maximum atomic E-state index is 12.8. The molecular weight excluding hydrogens is 292 g/mol.